The average Bonchev–Trinajstić information content (AvgIpc) is 3.21. The second-order valence-corrected chi connectivity index (χ2v) is 9.08. The van der Waals surface area contributed by atoms with Gasteiger partial charge in [0.25, 0.3) is 11.5 Å². The number of alkyl halides is 2. The van der Waals surface area contributed by atoms with Gasteiger partial charge in [-0.25, -0.2) is 14.2 Å². The van der Waals surface area contributed by atoms with E-state index in [2.05, 4.69) is 10.3 Å². The maximum atomic E-state index is 15.9. The second-order valence-electron chi connectivity index (χ2n) is 9.08. The molecule has 36 heavy (non-hydrogen) atoms. The number of hydrogen-bond acceptors (Lipinski definition) is 6. The molecule has 1 aromatic carbocycles. The minimum Gasteiger partial charge on any atom is -0.458 e. The fourth-order valence-corrected chi connectivity index (χ4v) is 5.01. The van der Waals surface area contributed by atoms with Gasteiger partial charge in [0.15, 0.2) is 5.60 Å². The molecule has 11 heteroatoms. The molecule has 1 amide bonds. The molecule has 0 saturated carbocycles. The molecule has 0 aliphatic carbocycles. The number of aryl methyl sites for hydroxylation is 1. The van der Waals surface area contributed by atoms with Gasteiger partial charge in [0.2, 0.25) is 0 Å². The monoisotopic (exact) mass is 501 g/mol. The van der Waals surface area contributed by atoms with Crippen LogP contribution in [-0.4, -0.2) is 33.0 Å². The topological polar surface area (TPSA) is 111 Å². The van der Waals surface area contributed by atoms with E-state index in [4.69, 9.17) is 4.74 Å². The number of aromatic nitrogens is 2. The van der Waals surface area contributed by atoms with Crippen molar-refractivity contribution in [2.45, 2.75) is 58.4 Å². The average molecular weight is 501 g/mol. The molecule has 1 unspecified atom stereocenters. The van der Waals surface area contributed by atoms with Gasteiger partial charge < -0.3 is 19.7 Å². The zero-order valence-electron chi connectivity index (χ0n) is 19.6. The Kier molecular flexibility index (Phi) is 5.43. The molecule has 0 spiro atoms. The first-order chi connectivity index (χ1) is 17.0. The van der Waals surface area contributed by atoms with Crippen LogP contribution in [0.15, 0.2) is 23.0 Å². The molecule has 4 heterocycles. The van der Waals surface area contributed by atoms with Crippen LogP contribution in [0.3, 0.4) is 0 Å². The number of amides is 1. The van der Waals surface area contributed by atoms with Gasteiger partial charge in [-0.1, -0.05) is 19.1 Å². The highest BCUT2D eigenvalue weighted by Crippen LogP contribution is 2.41. The number of nitrogens with one attached hydrogen (secondary N) is 1. The largest absolute Gasteiger partial charge is 0.458 e. The van der Waals surface area contributed by atoms with Crippen molar-refractivity contribution < 1.29 is 32.6 Å². The number of carbonyl (C=O) groups is 2. The Morgan fingerprint density at radius 1 is 1.31 bits per heavy atom. The summed E-state index contributed by atoms with van der Waals surface area (Å²) in [7, 11) is 0. The number of halogens is 3. The van der Waals surface area contributed by atoms with Crippen LogP contribution in [0, 0.1) is 12.7 Å². The first-order valence-electron chi connectivity index (χ1n) is 11.4. The lowest BCUT2D eigenvalue weighted by molar-refractivity contribution is -0.172. The zero-order chi connectivity index (χ0) is 26.1. The number of ether oxygens (including phenoxy) is 1. The summed E-state index contributed by atoms with van der Waals surface area (Å²) in [6.07, 6.45) is -3.26. The van der Waals surface area contributed by atoms with Crippen molar-refractivity contribution in [2.75, 3.05) is 0 Å². The van der Waals surface area contributed by atoms with Crippen molar-refractivity contribution in [1.29, 1.82) is 0 Å². The third-order valence-corrected chi connectivity index (χ3v) is 7.04. The van der Waals surface area contributed by atoms with Crippen LogP contribution in [0.4, 0.5) is 13.2 Å². The Balaban J connectivity index is 1.76. The van der Waals surface area contributed by atoms with E-state index < -0.39 is 41.3 Å². The quantitative estimate of drug-likeness (QED) is 0.416. The number of aliphatic hydroxyl groups is 1. The van der Waals surface area contributed by atoms with Crippen molar-refractivity contribution in [3.63, 3.8) is 0 Å². The van der Waals surface area contributed by atoms with Gasteiger partial charge in [0, 0.05) is 22.1 Å². The van der Waals surface area contributed by atoms with E-state index in [0.29, 0.717) is 11.1 Å². The van der Waals surface area contributed by atoms with Crippen LogP contribution in [-0.2, 0) is 33.1 Å². The summed E-state index contributed by atoms with van der Waals surface area (Å²) in [6, 6.07) is 3.74. The van der Waals surface area contributed by atoms with Crippen molar-refractivity contribution in [1.82, 2.24) is 14.9 Å². The number of hydrogen-bond donors (Lipinski definition) is 2. The third-order valence-electron chi connectivity index (χ3n) is 7.04. The Labute approximate surface area is 202 Å². The molecular weight excluding hydrogens is 479 g/mol. The van der Waals surface area contributed by atoms with Crippen molar-refractivity contribution >= 4 is 22.8 Å². The molecule has 0 saturated heterocycles. The van der Waals surface area contributed by atoms with Crippen LogP contribution in [0.25, 0.3) is 22.3 Å². The molecule has 8 nitrogen and oxygen atoms in total. The van der Waals surface area contributed by atoms with Gasteiger partial charge >= 0.3 is 12.4 Å². The Bertz CT molecular complexity index is 1530. The minimum atomic E-state index is -3.22. The fraction of sp³-hybridized carbons (Fsp3) is 0.360. The first-order valence-corrected chi connectivity index (χ1v) is 11.4. The zero-order valence-corrected chi connectivity index (χ0v) is 19.6. The van der Waals surface area contributed by atoms with Gasteiger partial charge in [0.1, 0.15) is 12.4 Å². The van der Waals surface area contributed by atoms with E-state index in [-0.39, 0.29) is 58.6 Å². The Morgan fingerprint density at radius 3 is 2.69 bits per heavy atom. The van der Waals surface area contributed by atoms with Gasteiger partial charge in [0.05, 0.1) is 35.1 Å². The molecule has 188 valence electrons. The van der Waals surface area contributed by atoms with Crippen LogP contribution in [0.2, 0.25) is 0 Å². The molecule has 2 aromatic heterocycles. The Hall–Kier alpha value is -3.73. The van der Waals surface area contributed by atoms with E-state index in [1.54, 1.807) is 26.0 Å². The van der Waals surface area contributed by atoms with E-state index in [0.717, 1.165) is 0 Å². The number of fused-ring (bicyclic) bond motifs is 5. The number of carbonyl (C=O) groups excluding carboxylic acids is 2. The summed E-state index contributed by atoms with van der Waals surface area (Å²) in [5, 5.41) is 13.3. The fourth-order valence-electron chi connectivity index (χ4n) is 5.01. The summed E-state index contributed by atoms with van der Waals surface area (Å²) in [5.74, 6) is -2.97. The summed E-state index contributed by atoms with van der Waals surface area (Å²) in [4.78, 5) is 41.9. The van der Waals surface area contributed by atoms with E-state index in [1.807, 2.05) is 0 Å². The second kappa shape index (κ2) is 8.16. The SMILES string of the molecule is CC[C@@]1(O)C(=O)OCc2c1cc1n(c2=O)Cc2c-1nc1c(C(C)NC(=O)C(F)F)ccc(C)c1c2F. The molecular formula is C25H22F3N3O5. The van der Waals surface area contributed by atoms with Crippen LogP contribution < -0.4 is 10.9 Å². The van der Waals surface area contributed by atoms with Crippen LogP contribution >= 0.6 is 0 Å². The number of benzene rings is 1. The van der Waals surface area contributed by atoms with Gasteiger partial charge in [-0.15, -0.1) is 0 Å². The van der Waals surface area contributed by atoms with Crippen molar-refractivity contribution in [2.24, 2.45) is 0 Å². The molecule has 5 rings (SSSR count). The van der Waals surface area contributed by atoms with E-state index in [9.17, 15) is 28.3 Å². The molecule has 2 N–H and O–H groups in total. The summed E-state index contributed by atoms with van der Waals surface area (Å²) < 4.78 is 47.9. The molecule has 2 aliphatic heterocycles. The highest BCUT2D eigenvalue weighted by Gasteiger charge is 2.45. The third kappa shape index (κ3) is 3.25. The van der Waals surface area contributed by atoms with E-state index >= 15 is 4.39 Å². The summed E-state index contributed by atoms with van der Waals surface area (Å²) >= 11 is 0. The standard InChI is InChI=1S/C25H22F3N3O5/c1-4-25(35)15-7-16-19-13(8-31(16)23(33)14(15)9-36-24(25)34)18(26)17-10(2)5-6-12(20(17)30-19)11(3)29-22(32)21(27)28/h5-7,11,21,35H,4,8-9H2,1-3H3,(H,29,32)/t11?,25-/m0/s1. The summed E-state index contributed by atoms with van der Waals surface area (Å²) in [6.45, 7) is 4.30. The number of rotatable bonds is 4. The maximum absolute atomic E-state index is 15.9. The lowest BCUT2D eigenvalue weighted by Gasteiger charge is -2.31. The van der Waals surface area contributed by atoms with E-state index in [1.165, 1.54) is 17.6 Å². The van der Waals surface area contributed by atoms with Crippen LogP contribution in [0.5, 0.6) is 0 Å². The number of pyridine rings is 2. The van der Waals surface area contributed by atoms with Gasteiger partial charge in [-0.05, 0) is 31.9 Å². The predicted octanol–water partition coefficient (Wildman–Crippen LogP) is 2.97. The summed E-state index contributed by atoms with van der Waals surface area (Å²) in [5.41, 5.74) is -0.848. The minimum absolute atomic E-state index is 0.0429. The van der Waals surface area contributed by atoms with Crippen molar-refractivity contribution in [3.05, 3.63) is 62.2 Å². The number of esters is 1. The Morgan fingerprint density at radius 2 is 2.03 bits per heavy atom. The molecule has 2 aliphatic rings. The van der Waals surface area contributed by atoms with Crippen molar-refractivity contribution in [3.8, 4) is 11.4 Å². The lowest BCUT2D eigenvalue weighted by atomic mass is 9.86. The molecule has 2 atom stereocenters. The lowest BCUT2D eigenvalue weighted by Crippen LogP contribution is -2.44. The number of cyclic esters (lactones) is 1. The highest BCUT2D eigenvalue weighted by atomic mass is 19.3. The smallest absolute Gasteiger partial charge is 0.343 e. The predicted molar refractivity (Wildman–Crippen MR) is 122 cm³/mol. The highest BCUT2D eigenvalue weighted by molar-refractivity contribution is 5.91. The van der Waals surface area contributed by atoms with Crippen LogP contribution in [0.1, 0.15) is 54.1 Å². The molecule has 0 bridgehead atoms. The molecule has 3 aromatic rings. The maximum Gasteiger partial charge on any atom is 0.343 e. The molecule has 0 radical (unpaired) electrons. The first kappa shape index (κ1) is 24.0. The van der Waals surface area contributed by atoms with Gasteiger partial charge in [-0.2, -0.15) is 8.78 Å². The number of nitrogens with zero attached hydrogens (tertiary/aromatic N) is 2. The molecule has 0 fully saturated rings. The normalized spacial score (nSPS) is 19.1. The van der Waals surface area contributed by atoms with Gasteiger partial charge in [-0.3, -0.25) is 9.59 Å².